The Morgan fingerprint density at radius 3 is 2.94 bits per heavy atom. The number of anilines is 1. The third-order valence-electron chi connectivity index (χ3n) is 2.13. The van der Waals surface area contributed by atoms with Gasteiger partial charge in [0.25, 0.3) is 0 Å². The lowest BCUT2D eigenvalue weighted by atomic mass is 10.2. The highest BCUT2D eigenvalue weighted by molar-refractivity contribution is 8.00. The number of rotatable bonds is 3. The number of carboxylic acid groups (broad SMARTS) is 1. The fourth-order valence-corrected chi connectivity index (χ4v) is 2.24. The first-order chi connectivity index (χ1) is 8.06. The van der Waals surface area contributed by atoms with Crippen LogP contribution in [0.15, 0.2) is 23.2 Å². The number of carbonyl (C=O) groups is 1. The van der Waals surface area contributed by atoms with Crippen molar-refractivity contribution in [3.63, 3.8) is 0 Å². The number of nitrogens with two attached hydrogens (primary N) is 1. The predicted molar refractivity (Wildman–Crippen MR) is 67.0 cm³/mol. The number of aliphatic carboxylic acids is 1. The highest BCUT2D eigenvalue weighted by Gasteiger charge is 2.08. The summed E-state index contributed by atoms with van der Waals surface area (Å²) in [6.45, 7) is 1.78. The van der Waals surface area contributed by atoms with Gasteiger partial charge < -0.3 is 10.8 Å². The summed E-state index contributed by atoms with van der Waals surface area (Å²) < 4.78 is 0. The van der Waals surface area contributed by atoms with Crippen molar-refractivity contribution in [2.75, 3.05) is 11.5 Å². The molecular formula is C11H11N3O2S. The first-order valence-corrected chi connectivity index (χ1v) is 5.93. The Morgan fingerprint density at radius 2 is 2.24 bits per heavy atom. The summed E-state index contributed by atoms with van der Waals surface area (Å²) in [6, 6.07) is 5.34. The van der Waals surface area contributed by atoms with Crippen molar-refractivity contribution in [3.8, 4) is 0 Å². The van der Waals surface area contributed by atoms with Gasteiger partial charge in [0.1, 0.15) is 10.9 Å². The number of nitrogens with zero attached hydrogens (tertiary/aromatic N) is 2. The van der Waals surface area contributed by atoms with E-state index in [2.05, 4.69) is 9.97 Å². The lowest BCUT2D eigenvalue weighted by molar-refractivity contribution is -0.133. The second kappa shape index (κ2) is 4.58. The van der Waals surface area contributed by atoms with E-state index in [0.29, 0.717) is 16.5 Å². The topological polar surface area (TPSA) is 89.1 Å². The number of fused-ring (bicyclic) bond motifs is 1. The van der Waals surface area contributed by atoms with E-state index in [0.717, 1.165) is 10.9 Å². The fraction of sp³-hybridized carbons (Fsp3) is 0.182. The number of nitrogen functional groups attached to an aromatic ring is 1. The highest BCUT2D eigenvalue weighted by atomic mass is 32.2. The normalized spacial score (nSPS) is 10.6. The van der Waals surface area contributed by atoms with E-state index in [1.165, 1.54) is 11.8 Å². The van der Waals surface area contributed by atoms with Crippen LogP contribution in [0, 0.1) is 6.92 Å². The number of hydrogen-bond acceptors (Lipinski definition) is 5. The molecular weight excluding hydrogens is 238 g/mol. The Hall–Kier alpha value is -1.82. The van der Waals surface area contributed by atoms with Crippen LogP contribution in [0.4, 0.5) is 5.69 Å². The average molecular weight is 249 g/mol. The molecule has 0 saturated carbocycles. The molecule has 2 aromatic rings. The molecule has 0 aliphatic heterocycles. The average Bonchev–Trinajstić information content (AvgIpc) is 2.26. The molecule has 1 aromatic heterocycles. The van der Waals surface area contributed by atoms with Gasteiger partial charge in [0.15, 0.2) is 0 Å². The summed E-state index contributed by atoms with van der Waals surface area (Å²) in [5.74, 6) is -0.279. The van der Waals surface area contributed by atoms with E-state index in [4.69, 9.17) is 10.8 Å². The van der Waals surface area contributed by atoms with Crippen LogP contribution in [0.25, 0.3) is 10.9 Å². The van der Waals surface area contributed by atoms with E-state index in [-0.39, 0.29) is 5.75 Å². The van der Waals surface area contributed by atoms with Crippen LogP contribution in [0.5, 0.6) is 0 Å². The van der Waals surface area contributed by atoms with E-state index < -0.39 is 5.97 Å². The van der Waals surface area contributed by atoms with E-state index in [1.54, 1.807) is 19.1 Å². The van der Waals surface area contributed by atoms with Gasteiger partial charge in [-0.05, 0) is 25.1 Å². The molecule has 0 aliphatic rings. The lowest BCUT2D eigenvalue weighted by Crippen LogP contribution is -2.00. The third-order valence-corrected chi connectivity index (χ3v) is 3.10. The Bertz CT molecular complexity index is 586. The summed E-state index contributed by atoms with van der Waals surface area (Å²) >= 11 is 1.17. The van der Waals surface area contributed by atoms with Crippen molar-refractivity contribution < 1.29 is 9.90 Å². The van der Waals surface area contributed by atoms with Crippen LogP contribution in [-0.2, 0) is 4.79 Å². The highest BCUT2D eigenvalue weighted by Crippen LogP contribution is 2.26. The molecule has 0 spiro atoms. The van der Waals surface area contributed by atoms with Crippen LogP contribution in [-0.4, -0.2) is 26.8 Å². The van der Waals surface area contributed by atoms with Crippen LogP contribution in [0.1, 0.15) is 5.82 Å². The Balaban J connectivity index is 2.51. The van der Waals surface area contributed by atoms with Gasteiger partial charge in [0, 0.05) is 11.1 Å². The molecule has 0 aliphatic carbocycles. The minimum absolute atomic E-state index is 0.0274. The SMILES string of the molecule is Cc1nc(SCC(=O)O)c2cc(N)ccc2n1. The van der Waals surface area contributed by atoms with Crippen LogP contribution in [0.3, 0.4) is 0 Å². The molecule has 17 heavy (non-hydrogen) atoms. The van der Waals surface area contributed by atoms with Gasteiger partial charge in [-0.1, -0.05) is 11.8 Å². The summed E-state index contributed by atoms with van der Waals surface area (Å²) in [5.41, 5.74) is 7.10. The fourth-order valence-electron chi connectivity index (χ4n) is 1.47. The number of benzene rings is 1. The summed E-state index contributed by atoms with van der Waals surface area (Å²) in [5, 5.41) is 10.1. The molecule has 6 heteroatoms. The molecule has 0 fully saturated rings. The van der Waals surface area contributed by atoms with Crippen molar-refractivity contribution in [2.45, 2.75) is 11.9 Å². The molecule has 88 valence electrons. The maximum atomic E-state index is 10.6. The Morgan fingerprint density at radius 1 is 1.47 bits per heavy atom. The largest absolute Gasteiger partial charge is 0.481 e. The molecule has 2 rings (SSSR count). The molecule has 0 atom stereocenters. The van der Waals surface area contributed by atoms with Crippen LogP contribution >= 0.6 is 11.8 Å². The van der Waals surface area contributed by atoms with Crippen molar-refractivity contribution in [2.24, 2.45) is 0 Å². The van der Waals surface area contributed by atoms with Crippen molar-refractivity contribution in [1.82, 2.24) is 9.97 Å². The molecule has 0 amide bonds. The minimum atomic E-state index is -0.872. The maximum Gasteiger partial charge on any atom is 0.313 e. The maximum absolute atomic E-state index is 10.6. The Kier molecular flexibility index (Phi) is 3.14. The lowest BCUT2D eigenvalue weighted by Gasteiger charge is -2.06. The molecule has 1 heterocycles. The number of hydrogen-bond donors (Lipinski definition) is 2. The van der Waals surface area contributed by atoms with E-state index in [1.807, 2.05) is 6.07 Å². The summed E-state index contributed by atoms with van der Waals surface area (Å²) in [7, 11) is 0. The zero-order valence-corrected chi connectivity index (χ0v) is 9.99. The van der Waals surface area contributed by atoms with E-state index >= 15 is 0 Å². The Labute approximate surface area is 102 Å². The molecule has 0 unspecified atom stereocenters. The number of thioether (sulfide) groups is 1. The molecule has 0 bridgehead atoms. The second-order valence-electron chi connectivity index (χ2n) is 3.53. The van der Waals surface area contributed by atoms with Crippen molar-refractivity contribution in [1.29, 1.82) is 0 Å². The molecule has 0 saturated heterocycles. The standard InChI is InChI=1S/C11H11N3O2S/c1-6-13-9-3-2-7(12)4-8(9)11(14-6)17-5-10(15)16/h2-4H,5,12H2,1H3,(H,15,16). The molecule has 0 radical (unpaired) electrons. The number of aromatic nitrogens is 2. The number of aryl methyl sites for hydroxylation is 1. The molecule has 3 N–H and O–H groups in total. The van der Waals surface area contributed by atoms with Gasteiger partial charge in [-0.2, -0.15) is 0 Å². The van der Waals surface area contributed by atoms with Gasteiger partial charge >= 0.3 is 5.97 Å². The van der Waals surface area contributed by atoms with Crippen molar-refractivity contribution >= 4 is 34.3 Å². The van der Waals surface area contributed by atoms with Gasteiger partial charge in [0.2, 0.25) is 0 Å². The second-order valence-corrected chi connectivity index (χ2v) is 4.50. The third kappa shape index (κ3) is 2.65. The summed E-state index contributed by atoms with van der Waals surface area (Å²) in [6.07, 6.45) is 0. The van der Waals surface area contributed by atoms with E-state index in [9.17, 15) is 4.79 Å². The molecule has 1 aromatic carbocycles. The zero-order chi connectivity index (χ0) is 12.4. The quantitative estimate of drug-likeness (QED) is 0.489. The monoisotopic (exact) mass is 249 g/mol. The first kappa shape index (κ1) is 11.7. The summed E-state index contributed by atoms with van der Waals surface area (Å²) in [4.78, 5) is 19.1. The van der Waals surface area contributed by atoms with Gasteiger partial charge in [0.05, 0.1) is 11.3 Å². The number of carboxylic acids is 1. The van der Waals surface area contributed by atoms with Crippen LogP contribution < -0.4 is 5.73 Å². The van der Waals surface area contributed by atoms with Gasteiger partial charge in [-0.3, -0.25) is 4.79 Å². The molecule has 5 nitrogen and oxygen atoms in total. The van der Waals surface area contributed by atoms with Crippen molar-refractivity contribution in [3.05, 3.63) is 24.0 Å². The first-order valence-electron chi connectivity index (χ1n) is 4.95. The minimum Gasteiger partial charge on any atom is -0.481 e. The predicted octanol–water partition coefficient (Wildman–Crippen LogP) is 1.70. The zero-order valence-electron chi connectivity index (χ0n) is 9.17. The smallest absolute Gasteiger partial charge is 0.313 e. The van der Waals surface area contributed by atoms with Crippen LogP contribution in [0.2, 0.25) is 0 Å². The van der Waals surface area contributed by atoms with Gasteiger partial charge in [-0.15, -0.1) is 0 Å². The van der Waals surface area contributed by atoms with Gasteiger partial charge in [-0.25, -0.2) is 9.97 Å².